The molecule has 0 saturated carbocycles. The first-order chi connectivity index (χ1) is 9.78. The first kappa shape index (κ1) is 15.5. The van der Waals surface area contributed by atoms with Crippen LogP contribution in [0, 0.1) is 0 Å². The summed E-state index contributed by atoms with van der Waals surface area (Å²) in [7, 11) is 1.66. The van der Waals surface area contributed by atoms with Crippen molar-refractivity contribution < 1.29 is 14.7 Å². The zero-order valence-corrected chi connectivity index (χ0v) is 12.8. The van der Waals surface area contributed by atoms with Crippen LogP contribution in [0.25, 0.3) is 0 Å². The molecular formula is C16H22N2O3. The fourth-order valence-electron chi connectivity index (χ4n) is 2.60. The molecule has 5 nitrogen and oxygen atoms in total. The van der Waals surface area contributed by atoms with Gasteiger partial charge in [-0.1, -0.05) is 6.07 Å². The molecule has 1 aromatic carbocycles. The van der Waals surface area contributed by atoms with Crippen LogP contribution in [-0.4, -0.2) is 47.6 Å². The third kappa shape index (κ3) is 3.82. The molecule has 1 aliphatic heterocycles. The molecule has 0 atom stereocenters. The molecular weight excluding hydrogens is 268 g/mol. The van der Waals surface area contributed by atoms with Gasteiger partial charge in [-0.3, -0.25) is 9.59 Å². The maximum atomic E-state index is 12.4. The Morgan fingerprint density at radius 2 is 2.14 bits per heavy atom. The minimum absolute atomic E-state index is 0.101. The minimum Gasteiger partial charge on any atom is -0.389 e. The van der Waals surface area contributed by atoms with Crippen molar-refractivity contribution in [2.45, 2.75) is 32.3 Å². The van der Waals surface area contributed by atoms with Gasteiger partial charge in [0.2, 0.25) is 5.91 Å². The molecule has 0 radical (unpaired) electrons. The predicted molar refractivity (Wildman–Crippen MR) is 81.3 cm³/mol. The average Bonchev–Trinajstić information content (AvgIpc) is 2.82. The van der Waals surface area contributed by atoms with Crippen molar-refractivity contribution in [3.05, 3.63) is 29.8 Å². The third-order valence-corrected chi connectivity index (χ3v) is 3.45. The summed E-state index contributed by atoms with van der Waals surface area (Å²) < 4.78 is 0. The summed E-state index contributed by atoms with van der Waals surface area (Å²) >= 11 is 0. The van der Waals surface area contributed by atoms with E-state index in [4.69, 9.17) is 0 Å². The number of benzene rings is 1. The van der Waals surface area contributed by atoms with Crippen LogP contribution in [0.2, 0.25) is 0 Å². The minimum atomic E-state index is -0.938. The van der Waals surface area contributed by atoms with Gasteiger partial charge in [0.25, 0.3) is 5.91 Å². The highest BCUT2D eigenvalue weighted by Crippen LogP contribution is 2.23. The van der Waals surface area contributed by atoms with Crippen LogP contribution >= 0.6 is 0 Å². The van der Waals surface area contributed by atoms with Gasteiger partial charge >= 0.3 is 0 Å². The van der Waals surface area contributed by atoms with Crippen molar-refractivity contribution in [3.8, 4) is 0 Å². The molecule has 21 heavy (non-hydrogen) atoms. The van der Waals surface area contributed by atoms with E-state index in [1.807, 2.05) is 6.07 Å². The number of hydrogen-bond donors (Lipinski definition) is 1. The van der Waals surface area contributed by atoms with E-state index in [2.05, 4.69) is 0 Å². The van der Waals surface area contributed by atoms with Gasteiger partial charge in [0.15, 0.2) is 0 Å². The molecule has 1 N–H and O–H groups in total. The second-order valence-electron chi connectivity index (χ2n) is 6.17. The van der Waals surface area contributed by atoms with Gasteiger partial charge in [0.1, 0.15) is 0 Å². The summed E-state index contributed by atoms with van der Waals surface area (Å²) in [5.74, 6) is -0.0601. The maximum absolute atomic E-state index is 12.4. The number of anilines is 1. The standard InChI is InChI=1S/C16H22N2O3/c1-16(2,21)11-17(3)15(20)12-6-4-7-13(10-12)18-9-5-8-14(18)19/h4,6-7,10,21H,5,8-9,11H2,1-3H3. The highest BCUT2D eigenvalue weighted by Gasteiger charge is 2.24. The van der Waals surface area contributed by atoms with Crippen LogP contribution in [0.1, 0.15) is 37.0 Å². The molecule has 1 saturated heterocycles. The molecule has 2 amide bonds. The first-order valence-corrected chi connectivity index (χ1v) is 7.16. The van der Waals surface area contributed by atoms with Crippen LogP contribution in [0.15, 0.2) is 24.3 Å². The SMILES string of the molecule is CN(CC(C)(C)O)C(=O)c1cccc(N2CCCC2=O)c1. The molecule has 1 aromatic rings. The topological polar surface area (TPSA) is 60.9 Å². The zero-order chi connectivity index (χ0) is 15.6. The molecule has 0 spiro atoms. The van der Waals surface area contributed by atoms with Crippen LogP contribution in [0.4, 0.5) is 5.69 Å². The molecule has 1 fully saturated rings. The Labute approximate surface area is 125 Å². The van der Waals surface area contributed by atoms with Crippen LogP contribution in [-0.2, 0) is 4.79 Å². The highest BCUT2D eigenvalue weighted by molar-refractivity contribution is 5.99. The molecule has 0 bridgehead atoms. The van der Waals surface area contributed by atoms with E-state index in [9.17, 15) is 14.7 Å². The summed E-state index contributed by atoms with van der Waals surface area (Å²) in [6, 6.07) is 7.10. The lowest BCUT2D eigenvalue weighted by Gasteiger charge is -2.26. The van der Waals surface area contributed by atoms with E-state index in [0.29, 0.717) is 18.5 Å². The number of carbonyl (C=O) groups is 2. The highest BCUT2D eigenvalue weighted by atomic mass is 16.3. The fraction of sp³-hybridized carbons (Fsp3) is 0.500. The number of rotatable bonds is 4. The molecule has 5 heteroatoms. The summed E-state index contributed by atoms with van der Waals surface area (Å²) in [4.78, 5) is 27.4. The smallest absolute Gasteiger partial charge is 0.253 e. The number of amides is 2. The van der Waals surface area contributed by atoms with E-state index in [1.165, 1.54) is 4.90 Å². The van der Waals surface area contributed by atoms with Gasteiger partial charge in [-0.2, -0.15) is 0 Å². The molecule has 1 aliphatic rings. The lowest BCUT2D eigenvalue weighted by molar-refractivity contribution is -0.117. The monoisotopic (exact) mass is 290 g/mol. The van der Waals surface area contributed by atoms with Gasteiger partial charge in [-0.05, 0) is 38.5 Å². The molecule has 0 unspecified atom stereocenters. The van der Waals surface area contributed by atoms with Gasteiger partial charge in [-0.15, -0.1) is 0 Å². The number of carbonyl (C=O) groups excluding carboxylic acids is 2. The number of nitrogens with zero attached hydrogens (tertiary/aromatic N) is 2. The molecule has 0 aromatic heterocycles. The number of likely N-dealkylation sites (N-methyl/N-ethyl adjacent to an activating group) is 1. The third-order valence-electron chi connectivity index (χ3n) is 3.45. The Kier molecular flexibility index (Phi) is 4.32. The second kappa shape index (κ2) is 5.85. The summed E-state index contributed by atoms with van der Waals surface area (Å²) in [6.07, 6.45) is 1.42. The largest absolute Gasteiger partial charge is 0.389 e. The molecule has 2 rings (SSSR count). The van der Waals surface area contributed by atoms with E-state index in [0.717, 1.165) is 12.1 Å². The Bertz CT molecular complexity index is 549. The summed E-state index contributed by atoms with van der Waals surface area (Å²) in [6.45, 7) is 4.28. The quantitative estimate of drug-likeness (QED) is 0.917. The van der Waals surface area contributed by atoms with E-state index in [-0.39, 0.29) is 18.4 Å². The Morgan fingerprint density at radius 1 is 1.43 bits per heavy atom. The predicted octanol–water partition coefficient (Wildman–Crippen LogP) is 1.66. The zero-order valence-electron chi connectivity index (χ0n) is 12.8. The van der Waals surface area contributed by atoms with E-state index < -0.39 is 5.60 Å². The average molecular weight is 290 g/mol. The normalized spacial score (nSPS) is 15.4. The van der Waals surface area contributed by atoms with Crippen LogP contribution in [0.5, 0.6) is 0 Å². The van der Waals surface area contributed by atoms with E-state index in [1.54, 1.807) is 44.0 Å². The van der Waals surface area contributed by atoms with Crippen molar-refractivity contribution in [3.63, 3.8) is 0 Å². The molecule has 0 aliphatic carbocycles. The Balaban J connectivity index is 2.17. The van der Waals surface area contributed by atoms with Crippen molar-refractivity contribution in [1.29, 1.82) is 0 Å². The summed E-state index contributed by atoms with van der Waals surface area (Å²) in [5, 5.41) is 9.80. The first-order valence-electron chi connectivity index (χ1n) is 7.16. The second-order valence-corrected chi connectivity index (χ2v) is 6.17. The van der Waals surface area contributed by atoms with Gasteiger partial charge in [0.05, 0.1) is 5.60 Å². The Morgan fingerprint density at radius 3 is 2.71 bits per heavy atom. The van der Waals surface area contributed by atoms with E-state index >= 15 is 0 Å². The summed E-state index contributed by atoms with van der Waals surface area (Å²) in [5.41, 5.74) is 0.353. The van der Waals surface area contributed by atoms with Gasteiger partial charge in [0, 0.05) is 37.8 Å². The Hall–Kier alpha value is -1.88. The van der Waals surface area contributed by atoms with Crippen molar-refractivity contribution in [1.82, 2.24) is 4.90 Å². The van der Waals surface area contributed by atoms with Crippen LogP contribution in [0.3, 0.4) is 0 Å². The van der Waals surface area contributed by atoms with Gasteiger partial charge in [-0.25, -0.2) is 0 Å². The van der Waals surface area contributed by atoms with Gasteiger partial charge < -0.3 is 14.9 Å². The lowest BCUT2D eigenvalue weighted by atomic mass is 10.1. The maximum Gasteiger partial charge on any atom is 0.253 e. The van der Waals surface area contributed by atoms with Crippen molar-refractivity contribution >= 4 is 17.5 Å². The lowest BCUT2D eigenvalue weighted by Crippen LogP contribution is -2.39. The molecule has 1 heterocycles. The van der Waals surface area contributed by atoms with Crippen LogP contribution < -0.4 is 4.90 Å². The number of aliphatic hydroxyl groups is 1. The van der Waals surface area contributed by atoms with Crippen molar-refractivity contribution in [2.75, 3.05) is 25.0 Å². The molecule has 114 valence electrons. The fourth-order valence-corrected chi connectivity index (χ4v) is 2.60. The number of hydrogen-bond acceptors (Lipinski definition) is 3. The van der Waals surface area contributed by atoms with Crippen molar-refractivity contribution in [2.24, 2.45) is 0 Å².